The molecule has 0 N–H and O–H groups in total. The molecule has 6 nitrogen and oxygen atoms in total. The van der Waals surface area contributed by atoms with Crippen LogP contribution in [0.15, 0.2) is 70.2 Å². The van der Waals surface area contributed by atoms with Crippen LogP contribution in [0.2, 0.25) is 5.02 Å². The topological polar surface area (TPSA) is 69.0 Å². The van der Waals surface area contributed by atoms with Crippen LogP contribution in [0, 0.1) is 0 Å². The van der Waals surface area contributed by atoms with Crippen molar-refractivity contribution < 1.29 is 23.5 Å². The fourth-order valence-electron chi connectivity index (χ4n) is 2.86. The van der Waals surface area contributed by atoms with E-state index in [1.807, 2.05) is 0 Å². The van der Waals surface area contributed by atoms with E-state index in [0.717, 1.165) is 0 Å². The summed E-state index contributed by atoms with van der Waals surface area (Å²) < 4.78 is 15.9. The zero-order valence-corrected chi connectivity index (χ0v) is 18.4. The summed E-state index contributed by atoms with van der Waals surface area (Å²) in [7, 11) is 1.52. The molecule has 0 aliphatic carbocycles. The Balaban J connectivity index is 1.55. The first-order valence-corrected chi connectivity index (χ1v) is 10.5. The minimum Gasteiger partial charge on any atom is -0.495 e. The first kappa shape index (κ1) is 21.2. The summed E-state index contributed by atoms with van der Waals surface area (Å²) in [4.78, 5) is 26.9. The average molecular weight is 472 g/mol. The summed E-state index contributed by atoms with van der Waals surface area (Å²) in [5.74, 6) is 0.0587. The second-order valence-corrected chi connectivity index (χ2v) is 8.36. The van der Waals surface area contributed by atoms with Gasteiger partial charge in [-0.05, 0) is 54.1 Å². The van der Waals surface area contributed by atoms with E-state index in [0.29, 0.717) is 37.0 Å². The SMILES string of the molecule is COc1ccc(N2C(=O)C(=Cc3cccc(OC(=O)c4ccco4)c3)SC2=S)cc1Cl. The monoisotopic (exact) mass is 471 g/mol. The molecule has 0 atom stereocenters. The number of benzene rings is 2. The van der Waals surface area contributed by atoms with Crippen LogP contribution in [0.1, 0.15) is 16.1 Å². The molecule has 9 heteroatoms. The Morgan fingerprint density at radius 3 is 2.74 bits per heavy atom. The van der Waals surface area contributed by atoms with E-state index in [1.165, 1.54) is 36.1 Å². The number of methoxy groups -OCH3 is 1. The lowest BCUT2D eigenvalue weighted by molar-refractivity contribution is -0.113. The Morgan fingerprint density at radius 1 is 1.19 bits per heavy atom. The van der Waals surface area contributed by atoms with Crippen LogP contribution in [-0.4, -0.2) is 23.3 Å². The Labute approximate surface area is 192 Å². The fraction of sp³-hybridized carbons (Fsp3) is 0.0455. The summed E-state index contributed by atoms with van der Waals surface area (Å²) in [5.41, 5.74) is 1.23. The Morgan fingerprint density at radius 2 is 2.03 bits per heavy atom. The number of hydrogen-bond acceptors (Lipinski definition) is 7. The molecule has 1 aliphatic rings. The maximum absolute atomic E-state index is 13.0. The average Bonchev–Trinajstić information content (AvgIpc) is 3.37. The third kappa shape index (κ3) is 4.51. The number of amides is 1. The largest absolute Gasteiger partial charge is 0.495 e. The van der Waals surface area contributed by atoms with Crippen LogP contribution in [0.5, 0.6) is 11.5 Å². The highest BCUT2D eigenvalue weighted by atomic mass is 35.5. The van der Waals surface area contributed by atoms with Gasteiger partial charge in [-0.15, -0.1) is 0 Å². The minimum absolute atomic E-state index is 0.101. The number of ether oxygens (including phenoxy) is 2. The van der Waals surface area contributed by atoms with E-state index < -0.39 is 5.97 Å². The lowest BCUT2D eigenvalue weighted by Gasteiger charge is -2.15. The highest BCUT2D eigenvalue weighted by Gasteiger charge is 2.33. The lowest BCUT2D eigenvalue weighted by Crippen LogP contribution is -2.27. The molecule has 2 aromatic carbocycles. The quantitative estimate of drug-likeness (QED) is 0.208. The van der Waals surface area contributed by atoms with Gasteiger partial charge in [0, 0.05) is 0 Å². The number of carbonyl (C=O) groups is 2. The van der Waals surface area contributed by atoms with Crippen molar-refractivity contribution in [3.8, 4) is 11.5 Å². The molecular formula is C22H14ClNO5S2. The second-order valence-electron chi connectivity index (χ2n) is 6.28. The molecule has 156 valence electrons. The van der Waals surface area contributed by atoms with Crippen molar-refractivity contribution >= 4 is 63.5 Å². The van der Waals surface area contributed by atoms with Gasteiger partial charge in [0.2, 0.25) is 5.76 Å². The molecule has 0 spiro atoms. The number of nitrogens with zero attached hydrogens (tertiary/aromatic N) is 1. The third-order valence-electron chi connectivity index (χ3n) is 4.28. The molecule has 0 bridgehead atoms. The maximum atomic E-state index is 13.0. The Hall–Kier alpha value is -3.07. The van der Waals surface area contributed by atoms with Gasteiger partial charge >= 0.3 is 5.97 Å². The van der Waals surface area contributed by atoms with Gasteiger partial charge in [-0.2, -0.15) is 0 Å². The molecule has 1 aliphatic heterocycles. The first-order valence-electron chi connectivity index (χ1n) is 8.93. The number of carbonyl (C=O) groups excluding carboxylic acids is 2. The van der Waals surface area contributed by atoms with E-state index in [9.17, 15) is 9.59 Å². The molecule has 2 heterocycles. The van der Waals surface area contributed by atoms with Gasteiger partial charge in [0.1, 0.15) is 11.5 Å². The maximum Gasteiger partial charge on any atom is 0.379 e. The van der Waals surface area contributed by atoms with Gasteiger partial charge in [-0.3, -0.25) is 9.69 Å². The molecule has 0 radical (unpaired) electrons. The van der Waals surface area contributed by atoms with Crippen molar-refractivity contribution in [1.82, 2.24) is 0 Å². The summed E-state index contributed by atoms with van der Waals surface area (Å²) in [6.45, 7) is 0. The van der Waals surface area contributed by atoms with Gasteiger partial charge in [0.15, 0.2) is 4.32 Å². The van der Waals surface area contributed by atoms with E-state index in [2.05, 4.69) is 0 Å². The molecule has 1 saturated heterocycles. The molecular weight excluding hydrogens is 458 g/mol. The normalized spacial score (nSPS) is 14.9. The van der Waals surface area contributed by atoms with Crippen LogP contribution in [-0.2, 0) is 4.79 Å². The van der Waals surface area contributed by atoms with E-state index in [4.69, 9.17) is 37.7 Å². The van der Waals surface area contributed by atoms with Crippen LogP contribution in [0.4, 0.5) is 5.69 Å². The predicted octanol–water partition coefficient (Wildman–Crippen LogP) is 5.57. The molecule has 1 aromatic heterocycles. The van der Waals surface area contributed by atoms with Gasteiger partial charge in [0.05, 0.1) is 29.0 Å². The molecule has 0 saturated carbocycles. The number of hydrogen-bond donors (Lipinski definition) is 0. The van der Waals surface area contributed by atoms with E-state index in [-0.39, 0.29) is 11.7 Å². The van der Waals surface area contributed by atoms with Crippen molar-refractivity contribution in [3.05, 3.63) is 82.1 Å². The molecule has 31 heavy (non-hydrogen) atoms. The minimum atomic E-state index is -0.607. The Kier molecular flexibility index (Phi) is 6.13. The lowest BCUT2D eigenvalue weighted by atomic mass is 10.2. The standard InChI is InChI=1S/C22H14ClNO5S2/c1-27-17-8-7-14(12-16(17)23)24-20(25)19(31-22(24)30)11-13-4-2-5-15(10-13)29-21(26)18-6-3-9-28-18/h2-12H,1H3. The van der Waals surface area contributed by atoms with Crippen molar-refractivity contribution in [1.29, 1.82) is 0 Å². The molecule has 1 amide bonds. The van der Waals surface area contributed by atoms with Crippen molar-refractivity contribution in [2.45, 2.75) is 0 Å². The van der Waals surface area contributed by atoms with Gasteiger partial charge in [0.25, 0.3) is 5.91 Å². The number of furan rings is 1. The van der Waals surface area contributed by atoms with Crippen LogP contribution < -0.4 is 14.4 Å². The molecule has 3 aromatic rings. The highest BCUT2D eigenvalue weighted by molar-refractivity contribution is 8.27. The number of esters is 1. The van der Waals surface area contributed by atoms with E-state index >= 15 is 0 Å². The smallest absolute Gasteiger partial charge is 0.379 e. The zero-order chi connectivity index (χ0) is 22.0. The molecule has 0 unspecified atom stereocenters. The number of rotatable bonds is 5. The van der Waals surface area contributed by atoms with Crippen LogP contribution >= 0.6 is 35.6 Å². The fourth-order valence-corrected chi connectivity index (χ4v) is 4.41. The zero-order valence-electron chi connectivity index (χ0n) is 16.0. The number of thiocarbonyl (C=S) groups is 1. The summed E-state index contributed by atoms with van der Waals surface area (Å²) >= 11 is 12.8. The number of thioether (sulfide) groups is 1. The highest BCUT2D eigenvalue weighted by Crippen LogP contribution is 2.38. The summed E-state index contributed by atoms with van der Waals surface area (Å²) in [5, 5.41) is 0.379. The number of halogens is 1. The summed E-state index contributed by atoms with van der Waals surface area (Å²) in [6, 6.07) is 14.9. The van der Waals surface area contributed by atoms with E-state index in [1.54, 1.807) is 54.6 Å². The Bertz CT molecular complexity index is 1210. The first-order chi connectivity index (χ1) is 15.0. The van der Waals surface area contributed by atoms with Gasteiger partial charge in [-0.25, -0.2) is 4.79 Å². The van der Waals surface area contributed by atoms with Gasteiger partial charge in [-0.1, -0.05) is 47.7 Å². The molecule has 4 rings (SSSR count). The second kappa shape index (κ2) is 8.97. The van der Waals surface area contributed by atoms with Crippen molar-refractivity contribution in [2.24, 2.45) is 0 Å². The molecule has 1 fully saturated rings. The third-order valence-corrected chi connectivity index (χ3v) is 5.87. The van der Waals surface area contributed by atoms with Crippen LogP contribution in [0.3, 0.4) is 0 Å². The summed E-state index contributed by atoms with van der Waals surface area (Å²) in [6.07, 6.45) is 3.08. The van der Waals surface area contributed by atoms with Crippen LogP contribution in [0.25, 0.3) is 6.08 Å². The number of anilines is 1. The predicted molar refractivity (Wildman–Crippen MR) is 124 cm³/mol. The van der Waals surface area contributed by atoms with Gasteiger partial charge < -0.3 is 13.9 Å². The van der Waals surface area contributed by atoms with Crippen molar-refractivity contribution in [3.63, 3.8) is 0 Å². The van der Waals surface area contributed by atoms with Crippen molar-refractivity contribution in [2.75, 3.05) is 12.0 Å².